The van der Waals surface area contributed by atoms with E-state index in [1.165, 1.54) is 6.92 Å². The van der Waals surface area contributed by atoms with E-state index in [1.807, 2.05) is 37.4 Å². The molecule has 0 fully saturated rings. The van der Waals surface area contributed by atoms with Crippen LogP contribution in [-0.4, -0.2) is 16.7 Å². The molecule has 0 bridgehead atoms. The van der Waals surface area contributed by atoms with Crippen molar-refractivity contribution in [2.75, 3.05) is 0 Å². The monoisotopic (exact) mass is 342 g/mol. The molecule has 2 heterocycles. The van der Waals surface area contributed by atoms with Gasteiger partial charge in [0.25, 0.3) is 0 Å². The van der Waals surface area contributed by atoms with Crippen molar-refractivity contribution in [3.63, 3.8) is 0 Å². The lowest BCUT2D eigenvalue weighted by atomic mass is 10.0. The summed E-state index contributed by atoms with van der Waals surface area (Å²) in [6.45, 7) is 5.71. The number of Topliss-reactive ketones (excluding diaryl/α,β-unsaturated/α-hetero) is 1. The maximum absolute atomic E-state index is 12.3. The Balaban J connectivity index is 1.81. The van der Waals surface area contributed by atoms with Gasteiger partial charge in [0.15, 0.2) is 11.5 Å². The first kappa shape index (κ1) is 16.4. The largest absolute Gasteiger partial charge is 0.453 e. The third kappa shape index (κ3) is 3.38. The number of furan rings is 1. The first-order chi connectivity index (χ1) is 11.4. The maximum Gasteiger partial charge on any atom is 0.224 e. The maximum atomic E-state index is 12.3. The van der Waals surface area contributed by atoms with Gasteiger partial charge in [-0.1, -0.05) is 12.1 Å². The smallest absolute Gasteiger partial charge is 0.224 e. The van der Waals surface area contributed by atoms with Crippen LogP contribution < -0.4 is 5.32 Å². The number of aromatic nitrogens is 1. The number of hydrogen-bond acceptors (Lipinski definition) is 5. The summed E-state index contributed by atoms with van der Waals surface area (Å²) < 4.78 is 5.67. The molecule has 3 rings (SSSR count). The average Bonchev–Trinajstić information content (AvgIpc) is 3.09. The molecule has 24 heavy (non-hydrogen) atoms. The van der Waals surface area contributed by atoms with E-state index in [4.69, 9.17) is 4.42 Å². The van der Waals surface area contributed by atoms with Crippen molar-refractivity contribution in [1.82, 2.24) is 10.3 Å². The summed E-state index contributed by atoms with van der Waals surface area (Å²) >= 11 is 1.55. The van der Waals surface area contributed by atoms with Gasteiger partial charge < -0.3 is 9.73 Å². The molecule has 0 saturated carbocycles. The fraction of sp³-hybridized carbons (Fsp3) is 0.278. The lowest BCUT2D eigenvalue weighted by Crippen LogP contribution is -2.25. The number of amides is 1. The molecule has 0 aliphatic heterocycles. The molecule has 1 N–H and O–H groups in total. The molecule has 124 valence electrons. The Morgan fingerprint density at radius 3 is 2.75 bits per heavy atom. The Morgan fingerprint density at radius 2 is 2.08 bits per heavy atom. The molecule has 2 aromatic heterocycles. The van der Waals surface area contributed by atoms with Crippen LogP contribution in [0.5, 0.6) is 0 Å². The number of benzene rings is 1. The summed E-state index contributed by atoms with van der Waals surface area (Å²) in [5.74, 6) is -0.0801. The van der Waals surface area contributed by atoms with E-state index in [9.17, 15) is 9.59 Å². The molecule has 0 aliphatic carbocycles. The highest BCUT2D eigenvalue weighted by atomic mass is 32.1. The van der Waals surface area contributed by atoms with Crippen LogP contribution in [0.1, 0.15) is 39.3 Å². The van der Waals surface area contributed by atoms with Crippen LogP contribution in [0.2, 0.25) is 0 Å². The summed E-state index contributed by atoms with van der Waals surface area (Å²) in [4.78, 5) is 28.5. The van der Waals surface area contributed by atoms with E-state index in [0.29, 0.717) is 17.7 Å². The molecular formula is C18H18N2O3S. The summed E-state index contributed by atoms with van der Waals surface area (Å²) in [5.41, 5.74) is 3.16. The van der Waals surface area contributed by atoms with Crippen LogP contribution in [0.15, 0.2) is 28.0 Å². The second-order valence-corrected chi connectivity index (χ2v) is 6.84. The fourth-order valence-corrected chi connectivity index (χ4v) is 3.23. The third-order valence-corrected chi connectivity index (χ3v) is 4.56. The van der Waals surface area contributed by atoms with Crippen LogP contribution in [0.4, 0.5) is 0 Å². The van der Waals surface area contributed by atoms with Gasteiger partial charge in [-0.3, -0.25) is 9.59 Å². The van der Waals surface area contributed by atoms with Crippen LogP contribution in [0, 0.1) is 13.8 Å². The Kier molecular flexibility index (Phi) is 4.49. The number of nitrogens with zero attached hydrogens (tertiary/aromatic N) is 1. The van der Waals surface area contributed by atoms with Gasteiger partial charge in [0.05, 0.1) is 23.7 Å². The SMILES string of the molecule is CC(=O)c1oc2cc(C)ccc2c1CC(=O)NCc1csc(C)n1. The molecular weight excluding hydrogens is 324 g/mol. The number of thiazole rings is 1. The van der Waals surface area contributed by atoms with Crippen LogP contribution in [0.3, 0.4) is 0 Å². The molecule has 3 aromatic rings. The van der Waals surface area contributed by atoms with Crippen molar-refractivity contribution in [2.24, 2.45) is 0 Å². The summed E-state index contributed by atoms with van der Waals surface area (Å²) in [6.07, 6.45) is 0.105. The van der Waals surface area contributed by atoms with Gasteiger partial charge in [0.2, 0.25) is 5.91 Å². The zero-order valence-corrected chi connectivity index (χ0v) is 14.6. The lowest BCUT2D eigenvalue weighted by Gasteiger charge is -2.04. The van der Waals surface area contributed by atoms with Crippen molar-refractivity contribution < 1.29 is 14.0 Å². The quantitative estimate of drug-likeness (QED) is 0.720. The third-order valence-electron chi connectivity index (χ3n) is 3.74. The number of carbonyl (C=O) groups is 2. The number of hydrogen-bond donors (Lipinski definition) is 1. The molecule has 0 radical (unpaired) electrons. The van der Waals surface area contributed by atoms with E-state index in [0.717, 1.165) is 21.7 Å². The zero-order chi connectivity index (χ0) is 17.3. The number of nitrogens with one attached hydrogen (secondary N) is 1. The number of fused-ring (bicyclic) bond motifs is 1. The first-order valence-electron chi connectivity index (χ1n) is 7.64. The van der Waals surface area contributed by atoms with E-state index in [-0.39, 0.29) is 23.9 Å². The Morgan fingerprint density at radius 1 is 1.29 bits per heavy atom. The van der Waals surface area contributed by atoms with Gasteiger partial charge in [-0.05, 0) is 25.5 Å². The Bertz CT molecular complexity index is 924. The van der Waals surface area contributed by atoms with Crippen LogP contribution >= 0.6 is 11.3 Å². The van der Waals surface area contributed by atoms with Gasteiger partial charge in [0.1, 0.15) is 5.58 Å². The number of aryl methyl sites for hydroxylation is 2. The highest BCUT2D eigenvalue weighted by Gasteiger charge is 2.20. The topological polar surface area (TPSA) is 72.2 Å². The minimum absolute atomic E-state index is 0.105. The van der Waals surface area contributed by atoms with Crippen molar-refractivity contribution in [3.05, 3.63) is 51.2 Å². The fourth-order valence-electron chi connectivity index (χ4n) is 2.62. The number of carbonyl (C=O) groups excluding carboxylic acids is 2. The first-order valence-corrected chi connectivity index (χ1v) is 8.52. The summed E-state index contributed by atoms with van der Waals surface area (Å²) in [7, 11) is 0. The Hall–Kier alpha value is -2.47. The van der Waals surface area contributed by atoms with Gasteiger partial charge in [-0.15, -0.1) is 11.3 Å². The molecule has 0 spiro atoms. The molecule has 6 heteroatoms. The molecule has 1 aromatic carbocycles. The highest BCUT2D eigenvalue weighted by Crippen LogP contribution is 2.27. The van der Waals surface area contributed by atoms with Crippen molar-refractivity contribution in [3.8, 4) is 0 Å². The van der Waals surface area contributed by atoms with Crippen molar-refractivity contribution in [2.45, 2.75) is 33.7 Å². The predicted molar refractivity (Wildman–Crippen MR) is 93.4 cm³/mol. The molecule has 0 aliphatic rings. The molecule has 0 saturated heterocycles. The minimum Gasteiger partial charge on any atom is -0.453 e. The Labute approximate surface area is 143 Å². The second-order valence-electron chi connectivity index (χ2n) is 5.78. The van der Waals surface area contributed by atoms with Crippen molar-refractivity contribution >= 4 is 34.0 Å². The van der Waals surface area contributed by atoms with E-state index < -0.39 is 0 Å². The number of ketones is 1. The van der Waals surface area contributed by atoms with Gasteiger partial charge in [-0.2, -0.15) is 0 Å². The van der Waals surface area contributed by atoms with E-state index >= 15 is 0 Å². The highest BCUT2D eigenvalue weighted by molar-refractivity contribution is 7.09. The van der Waals surface area contributed by atoms with Crippen molar-refractivity contribution in [1.29, 1.82) is 0 Å². The average molecular weight is 342 g/mol. The lowest BCUT2D eigenvalue weighted by molar-refractivity contribution is -0.120. The zero-order valence-electron chi connectivity index (χ0n) is 13.8. The normalized spacial score (nSPS) is 11.0. The van der Waals surface area contributed by atoms with E-state index in [1.54, 1.807) is 11.3 Å². The molecule has 0 atom stereocenters. The van der Waals surface area contributed by atoms with E-state index in [2.05, 4.69) is 10.3 Å². The second kappa shape index (κ2) is 6.57. The van der Waals surface area contributed by atoms with Crippen LogP contribution in [-0.2, 0) is 17.8 Å². The molecule has 5 nitrogen and oxygen atoms in total. The van der Waals surface area contributed by atoms with Gasteiger partial charge in [0, 0.05) is 23.3 Å². The summed E-state index contributed by atoms with van der Waals surface area (Å²) in [5, 5.41) is 6.55. The number of rotatable bonds is 5. The van der Waals surface area contributed by atoms with Gasteiger partial charge in [-0.25, -0.2) is 4.98 Å². The van der Waals surface area contributed by atoms with Crippen LogP contribution in [0.25, 0.3) is 11.0 Å². The van der Waals surface area contributed by atoms with Gasteiger partial charge >= 0.3 is 0 Å². The standard InChI is InChI=1S/C18H18N2O3S/c1-10-4-5-14-15(18(11(2)21)23-16(14)6-10)7-17(22)19-8-13-9-24-12(3)20-13/h4-6,9H,7-8H2,1-3H3,(H,19,22). The summed E-state index contributed by atoms with van der Waals surface area (Å²) in [6, 6.07) is 5.72. The minimum atomic E-state index is -0.179. The molecule has 1 amide bonds. The molecule has 0 unspecified atom stereocenters. The predicted octanol–water partition coefficient (Wildman–Crippen LogP) is 3.57.